The molecule has 9 heteroatoms. The number of aromatic nitrogens is 5. The van der Waals surface area contributed by atoms with Gasteiger partial charge in [-0.1, -0.05) is 16.8 Å². The first-order chi connectivity index (χ1) is 9.15. The molecule has 0 atom stereocenters. The molecule has 0 aromatic carbocycles. The number of amides is 1. The molecule has 2 N–H and O–H groups in total. The van der Waals surface area contributed by atoms with Crippen LogP contribution in [-0.4, -0.2) is 31.0 Å². The predicted octanol–water partition coefficient (Wildman–Crippen LogP) is 1.56. The van der Waals surface area contributed by atoms with Crippen molar-refractivity contribution in [3.8, 4) is 0 Å². The van der Waals surface area contributed by atoms with Gasteiger partial charge in [-0.3, -0.25) is 10.1 Å². The maximum absolute atomic E-state index is 11.9. The number of carbonyl (C=O) groups excluding carboxylic acids is 1. The number of H-pyrrole nitrogens is 1. The van der Waals surface area contributed by atoms with E-state index in [9.17, 15) is 4.79 Å². The van der Waals surface area contributed by atoms with Gasteiger partial charge in [0.15, 0.2) is 10.8 Å². The van der Waals surface area contributed by atoms with E-state index >= 15 is 0 Å². The van der Waals surface area contributed by atoms with Crippen molar-refractivity contribution in [3.63, 3.8) is 0 Å². The number of nitrogens with zero attached hydrogens (tertiary/aromatic N) is 4. The lowest BCUT2D eigenvalue weighted by molar-refractivity contribution is 0.102. The molecular weight excluding hydrogens is 272 g/mol. The number of carbonyl (C=O) groups is 1. The summed E-state index contributed by atoms with van der Waals surface area (Å²) >= 11 is 5.94. The average molecular weight is 279 g/mol. The highest BCUT2D eigenvalue weighted by Gasteiger charge is 2.15. The monoisotopic (exact) mass is 278 g/mol. The smallest absolute Gasteiger partial charge is 0.263 e. The second-order valence-corrected chi connectivity index (χ2v) is 4.05. The van der Waals surface area contributed by atoms with Gasteiger partial charge in [0, 0.05) is 0 Å². The van der Waals surface area contributed by atoms with E-state index in [0.717, 1.165) is 0 Å². The number of anilines is 1. The summed E-state index contributed by atoms with van der Waals surface area (Å²) in [6.07, 6.45) is 2.76. The van der Waals surface area contributed by atoms with E-state index in [0.29, 0.717) is 22.5 Å². The van der Waals surface area contributed by atoms with Gasteiger partial charge in [-0.25, -0.2) is 4.98 Å². The minimum atomic E-state index is -0.426. The molecule has 1 amide bonds. The van der Waals surface area contributed by atoms with Crippen LogP contribution in [0.2, 0.25) is 5.15 Å². The number of aryl methyl sites for hydroxylation is 1. The molecule has 8 nitrogen and oxygen atoms in total. The zero-order valence-electron chi connectivity index (χ0n) is 9.64. The second kappa shape index (κ2) is 4.32. The van der Waals surface area contributed by atoms with Gasteiger partial charge in [-0.05, 0) is 6.92 Å². The summed E-state index contributed by atoms with van der Waals surface area (Å²) < 4.78 is 4.81. The van der Waals surface area contributed by atoms with Gasteiger partial charge >= 0.3 is 0 Å². The molecular formula is C10H7ClN6O2. The fourth-order valence-electron chi connectivity index (χ4n) is 1.54. The van der Waals surface area contributed by atoms with E-state index in [2.05, 4.69) is 30.4 Å². The highest BCUT2D eigenvalue weighted by atomic mass is 35.5. The number of aromatic amines is 1. The average Bonchev–Trinajstić information content (AvgIpc) is 2.97. The van der Waals surface area contributed by atoms with E-state index in [1.807, 2.05) is 0 Å². The summed E-state index contributed by atoms with van der Waals surface area (Å²) in [5.41, 5.74) is 1.19. The zero-order valence-corrected chi connectivity index (χ0v) is 10.4. The first-order valence-corrected chi connectivity index (χ1v) is 5.62. The molecule has 0 aliphatic carbocycles. The number of nitrogens with one attached hydrogen (secondary N) is 2. The topological polar surface area (TPSA) is 110 Å². The lowest BCUT2D eigenvalue weighted by Crippen LogP contribution is -2.14. The second-order valence-electron chi connectivity index (χ2n) is 3.69. The van der Waals surface area contributed by atoms with Crippen molar-refractivity contribution >= 4 is 34.6 Å². The molecule has 19 heavy (non-hydrogen) atoms. The van der Waals surface area contributed by atoms with Gasteiger partial charge in [0.2, 0.25) is 5.95 Å². The van der Waals surface area contributed by atoms with Crippen molar-refractivity contribution < 1.29 is 9.32 Å². The van der Waals surface area contributed by atoms with Crippen LogP contribution in [0.4, 0.5) is 5.95 Å². The molecule has 0 spiro atoms. The molecule has 0 aliphatic rings. The van der Waals surface area contributed by atoms with E-state index in [1.54, 1.807) is 6.92 Å². The van der Waals surface area contributed by atoms with Crippen LogP contribution in [0.5, 0.6) is 0 Å². The molecule has 96 valence electrons. The van der Waals surface area contributed by atoms with Crippen LogP contribution in [0.15, 0.2) is 17.0 Å². The van der Waals surface area contributed by atoms with E-state index in [4.69, 9.17) is 16.1 Å². The summed E-state index contributed by atoms with van der Waals surface area (Å²) in [6.45, 7) is 1.63. The summed E-state index contributed by atoms with van der Waals surface area (Å²) in [4.78, 5) is 26.7. The molecule has 3 heterocycles. The summed E-state index contributed by atoms with van der Waals surface area (Å²) in [5.74, 6) is 0.0457. The van der Waals surface area contributed by atoms with E-state index in [1.165, 1.54) is 12.5 Å². The fraction of sp³-hybridized carbons (Fsp3) is 0.100. The van der Waals surface area contributed by atoms with Gasteiger partial charge in [0.05, 0.1) is 12.5 Å². The van der Waals surface area contributed by atoms with Crippen LogP contribution in [0.25, 0.3) is 11.2 Å². The van der Waals surface area contributed by atoms with Crippen molar-refractivity contribution in [1.82, 2.24) is 25.1 Å². The van der Waals surface area contributed by atoms with Crippen molar-refractivity contribution in [2.45, 2.75) is 6.92 Å². The third-order valence-electron chi connectivity index (χ3n) is 2.46. The zero-order chi connectivity index (χ0) is 13.4. The predicted molar refractivity (Wildman–Crippen MR) is 65.9 cm³/mol. The Morgan fingerprint density at radius 1 is 1.47 bits per heavy atom. The van der Waals surface area contributed by atoms with Gasteiger partial charge in [-0.15, -0.1) is 0 Å². The van der Waals surface area contributed by atoms with Gasteiger partial charge in [0.25, 0.3) is 5.91 Å². The Kier molecular flexibility index (Phi) is 2.64. The quantitative estimate of drug-likeness (QED) is 0.688. The Labute approximate surface area is 111 Å². The van der Waals surface area contributed by atoms with Crippen molar-refractivity contribution in [2.24, 2.45) is 0 Å². The molecule has 0 fully saturated rings. The van der Waals surface area contributed by atoms with Gasteiger partial charge < -0.3 is 9.51 Å². The van der Waals surface area contributed by atoms with E-state index < -0.39 is 5.91 Å². The Hall–Kier alpha value is -2.48. The first kappa shape index (κ1) is 11.6. The van der Waals surface area contributed by atoms with Crippen LogP contribution in [0.3, 0.4) is 0 Å². The largest absolute Gasteiger partial charge is 0.361 e. The van der Waals surface area contributed by atoms with Crippen LogP contribution in [0, 0.1) is 6.92 Å². The summed E-state index contributed by atoms with van der Waals surface area (Å²) in [6, 6.07) is 0. The molecule has 3 rings (SSSR count). The van der Waals surface area contributed by atoms with Crippen LogP contribution in [-0.2, 0) is 0 Å². The van der Waals surface area contributed by atoms with Crippen LogP contribution >= 0.6 is 11.6 Å². The number of fused-ring (bicyclic) bond motifs is 1. The molecule has 0 saturated carbocycles. The summed E-state index contributed by atoms with van der Waals surface area (Å²) in [7, 11) is 0. The number of hydrogen-bond acceptors (Lipinski definition) is 6. The number of imidazole rings is 1. The van der Waals surface area contributed by atoms with Crippen LogP contribution in [0.1, 0.15) is 16.1 Å². The normalized spacial score (nSPS) is 10.8. The Balaban J connectivity index is 1.93. The molecule has 3 aromatic rings. The minimum Gasteiger partial charge on any atom is -0.361 e. The number of rotatable bonds is 2. The highest BCUT2D eigenvalue weighted by Crippen LogP contribution is 2.18. The fourth-order valence-corrected chi connectivity index (χ4v) is 1.76. The SMILES string of the molecule is Cc1oncc1C(=O)Nc1nc(Cl)c2[nH]cnc2n1. The molecule has 3 aromatic heterocycles. The maximum Gasteiger partial charge on any atom is 0.263 e. The Morgan fingerprint density at radius 2 is 2.32 bits per heavy atom. The third kappa shape index (κ3) is 2.02. The first-order valence-electron chi connectivity index (χ1n) is 5.24. The molecule has 0 aliphatic heterocycles. The van der Waals surface area contributed by atoms with Gasteiger partial charge in [-0.2, -0.15) is 9.97 Å². The van der Waals surface area contributed by atoms with Crippen molar-refractivity contribution in [1.29, 1.82) is 0 Å². The molecule has 0 radical (unpaired) electrons. The van der Waals surface area contributed by atoms with Gasteiger partial charge in [0.1, 0.15) is 16.8 Å². The maximum atomic E-state index is 11.9. The molecule has 0 bridgehead atoms. The standard InChI is InChI=1S/C10H7ClN6O2/c1-4-5(2-14-19-4)9(18)17-10-15-7(11)6-8(16-10)13-3-12-6/h2-3H,1H3,(H2,12,13,15,16,17,18). The molecule has 0 saturated heterocycles. The Morgan fingerprint density at radius 3 is 3.05 bits per heavy atom. The summed E-state index contributed by atoms with van der Waals surface area (Å²) in [5, 5.41) is 6.21. The van der Waals surface area contributed by atoms with E-state index in [-0.39, 0.29) is 11.1 Å². The van der Waals surface area contributed by atoms with Crippen molar-refractivity contribution in [2.75, 3.05) is 5.32 Å². The lowest BCUT2D eigenvalue weighted by atomic mass is 10.2. The van der Waals surface area contributed by atoms with Crippen LogP contribution < -0.4 is 5.32 Å². The number of halogens is 1. The third-order valence-corrected chi connectivity index (χ3v) is 2.74. The van der Waals surface area contributed by atoms with Crippen molar-refractivity contribution in [3.05, 3.63) is 29.0 Å². The highest BCUT2D eigenvalue weighted by molar-refractivity contribution is 6.33. The minimum absolute atomic E-state index is 0.0650. The molecule has 0 unspecified atom stereocenters. The Bertz CT molecular complexity index is 764. The lowest BCUT2D eigenvalue weighted by Gasteiger charge is -2.02. The number of hydrogen-bond donors (Lipinski definition) is 2.